The molecule has 0 atom stereocenters. The normalized spacial score (nSPS) is 11.5. The van der Waals surface area contributed by atoms with Crippen molar-refractivity contribution in [2.24, 2.45) is 7.05 Å². The number of hydrogen-bond donors (Lipinski definition) is 1. The molecule has 0 aliphatic heterocycles. The van der Waals surface area contributed by atoms with E-state index in [9.17, 15) is 0 Å². The monoisotopic (exact) mass is 300 g/mol. The Morgan fingerprint density at radius 3 is 3.05 bits per heavy atom. The summed E-state index contributed by atoms with van der Waals surface area (Å²) >= 11 is 1.57. The average molecular weight is 300 g/mol. The fourth-order valence-corrected chi connectivity index (χ4v) is 2.85. The lowest BCUT2D eigenvalue weighted by atomic mass is 10.5. The van der Waals surface area contributed by atoms with Gasteiger partial charge in [0, 0.05) is 7.05 Å². The van der Waals surface area contributed by atoms with E-state index in [2.05, 4.69) is 30.4 Å². The lowest BCUT2D eigenvalue weighted by Crippen LogP contribution is -2.04. The maximum absolute atomic E-state index is 4.50. The van der Waals surface area contributed by atoms with Gasteiger partial charge >= 0.3 is 0 Å². The molecule has 4 aromatic heterocycles. The number of rotatable bonds is 3. The van der Waals surface area contributed by atoms with Crippen LogP contribution >= 0.6 is 11.3 Å². The highest BCUT2D eigenvalue weighted by Crippen LogP contribution is 2.14. The van der Waals surface area contributed by atoms with E-state index in [0.717, 1.165) is 26.8 Å². The average Bonchev–Trinajstić information content (AvgIpc) is 3.10. The van der Waals surface area contributed by atoms with Crippen LogP contribution in [0.15, 0.2) is 18.7 Å². The number of imidazole rings is 2. The van der Waals surface area contributed by atoms with Gasteiger partial charge in [0.15, 0.2) is 5.65 Å². The highest BCUT2D eigenvalue weighted by atomic mass is 32.1. The molecule has 4 heterocycles. The van der Waals surface area contributed by atoms with Crippen LogP contribution in [0.4, 0.5) is 5.95 Å². The molecule has 0 unspecified atom stereocenters. The summed E-state index contributed by atoms with van der Waals surface area (Å²) in [7, 11) is 1.91. The van der Waals surface area contributed by atoms with Crippen LogP contribution in [0.25, 0.3) is 16.1 Å². The van der Waals surface area contributed by atoms with Crippen molar-refractivity contribution in [3.8, 4) is 0 Å². The maximum Gasteiger partial charge on any atom is 0.225 e. The number of anilines is 1. The first-order valence-corrected chi connectivity index (χ1v) is 7.20. The Bertz CT molecular complexity index is 902. The van der Waals surface area contributed by atoms with E-state index in [-0.39, 0.29) is 0 Å². The van der Waals surface area contributed by atoms with E-state index < -0.39 is 0 Å². The predicted octanol–water partition coefficient (Wildman–Crippen LogP) is 1.39. The molecule has 0 saturated carbocycles. The fraction of sp³-hybridized carbons (Fsp3) is 0.250. The van der Waals surface area contributed by atoms with Crippen molar-refractivity contribution in [3.05, 3.63) is 29.4 Å². The first-order chi connectivity index (χ1) is 10.2. The van der Waals surface area contributed by atoms with Gasteiger partial charge in [0.05, 0.1) is 31.0 Å². The molecule has 0 radical (unpaired) electrons. The van der Waals surface area contributed by atoms with E-state index in [0.29, 0.717) is 12.5 Å². The third-order valence-electron chi connectivity index (χ3n) is 3.08. The van der Waals surface area contributed by atoms with Crippen LogP contribution in [0.2, 0.25) is 0 Å². The molecule has 9 heteroatoms. The van der Waals surface area contributed by atoms with Gasteiger partial charge in [0.25, 0.3) is 0 Å². The molecule has 0 amide bonds. The molecule has 106 valence electrons. The molecule has 0 saturated heterocycles. The zero-order valence-electron chi connectivity index (χ0n) is 11.5. The van der Waals surface area contributed by atoms with E-state index in [1.165, 1.54) is 0 Å². The van der Waals surface area contributed by atoms with E-state index in [4.69, 9.17) is 0 Å². The van der Waals surface area contributed by atoms with Gasteiger partial charge < -0.3 is 9.88 Å². The van der Waals surface area contributed by atoms with Gasteiger partial charge in [0.2, 0.25) is 10.9 Å². The second kappa shape index (κ2) is 4.48. The quantitative estimate of drug-likeness (QED) is 0.615. The van der Waals surface area contributed by atoms with E-state index in [1.807, 2.05) is 24.7 Å². The molecular weight excluding hydrogens is 288 g/mol. The molecule has 0 bridgehead atoms. The number of nitrogens with zero attached hydrogens (tertiary/aromatic N) is 7. The zero-order valence-corrected chi connectivity index (χ0v) is 12.3. The van der Waals surface area contributed by atoms with Crippen molar-refractivity contribution >= 4 is 33.4 Å². The predicted molar refractivity (Wildman–Crippen MR) is 79.2 cm³/mol. The maximum atomic E-state index is 4.50. The Hall–Kier alpha value is -2.55. The van der Waals surface area contributed by atoms with Gasteiger partial charge in [-0.25, -0.2) is 19.5 Å². The lowest BCUT2D eigenvalue weighted by molar-refractivity contribution is 0.923. The Balaban J connectivity index is 1.56. The van der Waals surface area contributed by atoms with Crippen LogP contribution < -0.4 is 5.32 Å². The standard InChI is InChI=1S/C12H12N8S/c1-7-18-20-5-8(16-12(20)21-7)3-13-11-14-4-9-10(17-11)19(2)6-15-9/h4-6H,3H2,1-2H3,(H,13,14,17). The van der Waals surface area contributed by atoms with Gasteiger partial charge in [0.1, 0.15) is 10.5 Å². The topological polar surface area (TPSA) is 85.8 Å². The minimum absolute atomic E-state index is 0.554. The number of hydrogen-bond acceptors (Lipinski definition) is 7. The van der Waals surface area contributed by atoms with Crippen molar-refractivity contribution in [1.29, 1.82) is 0 Å². The van der Waals surface area contributed by atoms with Crippen molar-refractivity contribution in [3.63, 3.8) is 0 Å². The van der Waals surface area contributed by atoms with Crippen molar-refractivity contribution in [2.45, 2.75) is 13.5 Å². The summed E-state index contributed by atoms with van der Waals surface area (Å²) in [6, 6.07) is 0. The molecule has 4 aromatic rings. The molecular formula is C12H12N8S. The van der Waals surface area contributed by atoms with Crippen LogP contribution in [0.5, 0.6) is 0 Å². The van der Waals surface area contributed by atoms with Gasteiger partial charge in [-0.1, -0.05) is 11.3 Å². The summed E-state index contributed by atoms with van der Waals surface area (Å²) in [5.41, 5.74) is 2.49. The minimum atomic E-state index is 0.554. The third-order valence-corrected chi connectivity index (χ3v) is 3.91. The summed E-state index contributed by atoms with van der Waals surface area (Å²) in [4.78, 5) is 18.3. The Kier molecular flexibility index (Phi) is 2.61. The minimum Gasteiger partial charge on any atom is -0.348 e. The second-order valence-electron chi connectivity index (χ2n) is 4.69. The molecule has 0 aliphatic carbocycles. The second-order valence-corrected chi connectivity index (χ2v) is 5.85. The van der Waals surface area contributed by atoms with Crippen LogP contribution in [-0.4, -0.2) is 34.1 Å². The first-order valence-electron chi connectivity index (χ1n) is 6.39. The van der Waals surface area contributed by atoms with E-state index in [1.54, 1.807) is 28.4 Å². The number of aromatic nitrogens is 7. The van der Waals surface area contributed by atoms with Gasteiger partial charge in [-0.05, 0) is 6.92 Å². The summed E-state index contributed by atoms with van der Waals surface area (Å²) < 4.78 is 3.66. The van der Waals surface area contributed by atoms with Crippen molar-refractivity contribution < 1.29 is 0 Å². The Labute approximate surface area is 123 Å². The van der Waals surface area contributed by atoms with E-state index >= 15 is 0 Å². The molecule has 0 aliphatic rings. The molecule has 0 fully saturated rings. The largest absolute Gasteiger partial charge is 0.348 e. The van der Waals surface area contributed by atoms with Crippen LogP contribution in [-0.2, 0) is 13.6 Å². The molecule has 4 rings (SSSR count). The summed E-state index contributed by atoms with van der Waals surface area (Å²) in [6.07, 6.45) is 5.34. The van der Waals surface area contributed by atoms with Gasteiger partial charge in [-0.15, -0.1) is 0 Å². The number of fused-ring (bicyclic) bond motifs is 2. The molecule has 8 nitrogen and oxygen atoms in total. The van der Waals surface area contributed by atoms with Crippen LogP contribution in [0.1, 0.15) is 10.7 Å². The Morgan fingerprint density at radius 1 is 1.29 bits per heavy atom. The fourth-order valence-electron chi connectivity index (χ4n) is 2.11. The zero-order chi connectivity index (χ0) is 14.4. The molecule has 0 aromatic carbocycles. The van der Waals surface area contributed by atoms with Crippen LogP contribution in [0.3, 0.4) is 0 Å². The molecule has 1 N–H and O–H groups in total. The van der Waals surface area contributed by atoms with Gasteiger partial charge in [-0.2, -0.15) is 10.1 Å². The third kappa shape index (κ3) is 2.11. The molecule has 21 heavy (non-hydrogen) atoms. The summed E-state index contributed by atoms with van der Waals surface area (Å²) in [6.45, 7) is 2.52. The lowest BCUT2D eigenvalue weighted by Gasteiger charge is -2.02. The van der Waals surface area contributed by atoms with Crippen molar-refractivity contribution in [1.82, 2.24) is 34.1 Å². The van der Waals surface area contributed by atoms with Gasteiger partial charge in [-0.3, -0.25) is 0 Å². The number of nitrogens with one attached hydrogen (secondary N) is 1. The SMILES string of the molecule is Cc1nn2cc(CNc3ncc4ncn(C)c4n3)nc2s1. The summed E-state index contributed by atoms with van der Waals surface area (Å²) in [5.74, 6) is 0.562. The first kappa shape index (κ1) is 12.2. The van der Waals surface area contributed by atoms with Crippen molar-refractivity contribution in [2.75, 3.05) is 5.32 Å². The smallest absolute Gasteiger partial charge is 0.225 e. The number of aryl methyl sites for hydroxylation is 2. The van der Waals surface area contributed by atoms with Crippen LogP contribution in [0, 0.1) is 6.92 Å². The highest BCUT2D eigenvalue weighted by Gasteiger charge is 2.07. The Morgan fingerprint density at radius 2 is 2.19 bits per heavy atom. The molecule has 0 spiro atoms. The summed E-state index contributed by atoms with van der Waals surface area (Å²) in [5, 5.41) is 8.51. The highest BCUT2D eigenvalue weighted by molar-refractivity contribution is 7.16.